The second-order valence-electron chi connectivity index (χ2n) is 8.24. The van der Waals surface area contributed by atoms with Crippen LogP contribution in [0.15, 0.2) is 72.8 Å². The van der Waals surface area contributed by atoms with Crippen LogP contribution < -0.4 is 0 Å². The van der Waals surface area contributed by atoms with E-state index in [-0.39, 0.29) is 17.2 Å². The van der Waals surface area contributed by atoms with Gasteiger partial charge in [-0.3, -0.25) is 4.79 Å². The predicted octanol–water partition coefficient (Wildman–Crippen LogP) is 6.32. The van der Waals surface area contributed by atoms with Gasteiger partial charge in [-0.25, -0.2) is 9.97 Å². The molecule has 178 valence electrons. The van der Waals surface area contributed by atoms with E-state index < -0.39 is 0 Å². The zero-order valence-electron chi connectivity index (χ0n) is 20.1. The topological polar surface area (TPSA) is 104 Å². The van der Waals surface area contributed by atoms with Gasteiger partial charge in [-0.05, 0) is 69.2 Å². The smallest absolute Gasteiger partial charge is 0.154 e. The van der Waals surface area contributed by atoms with Gasteiger partial charge in [0.2, 0.25) is 0 Å². The predicted molar refractivity (Wildman–Crippen MR) is 139 cm³/mol. The van der Waals surface area contributed by atoms with Crippen LogP contribution in [0, 0.1) is 27.7 Å². The number of nitrogens with zero attached hydrogens (tertiary/aromatic N) is 2. The number of phenols is 3. The third-order valence-corrected chi connectivity index (χ3v) is 5.30. The summed E-state index contributed by atoms with van der Waals surface area (Å²) in [7, 11) is 0. The van der Waals surface area contributed by atoms with Gasteiger partial charge in [0.15, 0.2) is 6.29 Å². The molecular formula is C29H28N2O4. The van der Waals surface area contributed by atoms with Crippen molar-refractivity contribution in [1.82, 2.24) is 9.97 Å². The van der Waals surface area contributed by atoms with Gasteiger partial charge in [-0.2, -0.15) is 0 Å². The molecule has 5 aromatic rings. The highest BCUT2D eigenvalue weighted by Gasteiger charge is 2.03. The zero-order chi connectivity index (χ0) is 25.5. The fourth-order valence-corrected chi connectivity index (χ4v) is 3.57. The van der Waals surface area contributed by atoms with E-state index in [1.165, 1.54) is 0 Å². The van der Waals surface area contributed by atoms with Gasteiger partial charge in [-0.1, -0.05) is 42.5 Å². The van der Waals surface area contributed by atoms with E-state index in [0.29, 0.717) is 22.9 Å². The first-order valence-electron chi connectivity index (χ1n) is 11.1. The number of carbonyl (C=O) groups excluding carboxylic acids is 1. The van der Waals surface area contributed by atoms with Gasteiger partial charge < -0.3 is 15.3 Å². The van der Waals surface area contributed by atoms with Crippen molar-refractivity contribution in [3.05, 3.63) is 101 Å². The summed E-state index contributed by atoms with van der Waals surface area (Å²) in [6.07, 6.45) is 0.671. The Morgan fingerprint density at radius 2 is 1.11 bits per heavy atom. The van der Waals surface area contributed by atoms with Crippen molar-refractivity contribution in [2.45, 2.75) is 27.7 Å². The molecule has 0 atom stereocenters. The van der Waals surface area contributed by atoms with Crippen LogP contribution in [0.4, 0.5) is 0 Å². The molecule has 0 aliphatic heterocycles. The van der Waals surface area contributed by atoms with E-state index in [2.05, 4.69) is 9.97 Å². The number of aromatic hydroxyl groups is 3. The summed E-state index contributed by atoms with van der Waals surface area (Å²) in [6, 6.07) is 22.0. The highest BCUT2D eigenvalue weighted by molar-refractivity contribution is 5.85. The van der Waals surface area contributed by atoms with Crippen molar-refractivity contribution in [2.24, 2.45) is 0 Å². The fraction of sp³-hybridized carbons (Fsp3) is 0.138. The summed E-state index contributed by atoms with van der Waals surface area (Å²) in [4.78, 5) is 18.8. The van der Waals surface area contributed by atoms with Crippen molar-refractivity contribution in [2.75, 3.05) is 0 Å². The van der Waals surface area contributed by atoms with E-state index in [9.17, 15) is 20.1 Å². The molecule has 0 amide bonds. The Labute approximate surface area is 204 Å². The molecule has 3 aromatic carbocycles. The second kappa shape index (κ2) is 11.1. The zero-order valence-corrected chi connectivity index (χ0v) is 20.1. The van der Waals surface area contributed by atoms with Gasteiger partial charge in [0.05, 0.1) is 5.56 Å². The lowest BCUT2D eigenvalue weighted by atomic mass is 10.1. The van der Waals surface area contributed by atoms with Crippen LogP contribution in [0.5, 0.6) is 17.2 Å². The Balaban J connectivity index is 0.000000147. The van der Waals surface area contributed by atoms with E-state index >= 15 is 0 Å². The Morgan fingerprint density at radius 1 is 0.629 bits per heavy atom. The minimum atomic E-state index is 0.0671. The third kappa shape index (κ3) is 6.32. The van der Waals surface area contributed by atoms with Crippen LogP contribution in [-0.2, 0) is 0 Å². The van der Waals surface area contributed by atoms with Crippen LogP contribution in [0.2, 0.25) is 0 Å². The number of fused-ring (bicyclic) bond motifs is 2. The molecule has 35 heavy (non-hydrogen) atoms. The number of aldehydes is 1. The molecule has 0 aliphatic rings. The van der Waals surface area contributed by atoms with Crippen LogP contribution in [0.3, 0.4) is 0 Å². The molecule has 0 saturated heterocycles. The average molecular weight is 469 g/mol. The van der Waals surface area contributed by atoms with Crippen molar-refractivity contribution >= 4 is 28.1 Å². The van der Waals surface area contributed by atoms with E-state index in [4.69, 9.17) is 0 Å². The number of hydrogen-bond donors (Lipinski definition) is 3. The largest absolute Gasteiger partial charge is 0.507 e. The molecule has 0 fully saturated rings. The maximum atomic E-state index is 10.4. The Bertz CT molecular complexity index is 1390. The van der Waals surface area contributed by atoms with Gasteiger partial charge >= 0.3 is 0 Å². The average Bonchev–Trinajstić information content (AvgIpc) is 2.81. The molecule has 0 unspecified atom stereocenters. The summed E-state index contributed by atoms with van der Waals surface area (Å²) in [5.41, 5.74) is 5.36. The SMILES string of the molecule is Cc1cc(C)c(C=O)c(O)c1.Cc1ccc2cccc(O)c2n1.Cc1ccc2cccc(O)c2n1. The van der Waals surface area contributed by atoms with E-state index in [1.807, 2.05) is 75.4 Å². The number of aromatic nitrogens is 2. The molecule has 5 rings (SSSR count). The molecule has 3 N–H and O–H groups in total. The van der Waals surface area contributed by atoms with Crippen LogP contribution in [-0.4, -0.2) is 31.6 Å². The lowest BCUT2D eigenvalue weighted by Crippen LogP contribution is -1.88. The number of benzene rings is 3. The number of pyridine rings is 2. The minimum absolute atomic E-state index is 0.0671. The van der Waals surface area contributed by atoms with Crippen molar-refractivity contribution in [3.63, 3.8) is 0 Å². The molecule has 0 radical (unpaired) electrons. The summed E-state index contributed by atoms with van der Waals surface area (Å²) in [6.45, 7) is 7.50. The lowest BCUT2D eigenvalue weighted by Gasteiger charge is -2.02. The summed E-state index contributed by atoms with van der Waals surface area (Å²) in [5, 5.41) is 30.1. The van der Waals surface area contributed by atoms with Crippen molar-refractivity contribution < 1.29 is 20.1 Å². The van der Waals surface area contributed by atoms with Crippen LogP contribution in [0.25, 0.3) is 21.8 Å². The lowest BCUT2D eigenvalue weighted by molar-refractivity contribution is 0.112. The molecule has 0 spiro atoms. The number of hydrogen-bond acceptors (Lipinski definition) is 6. The van der Waals surface area contributed by atoms with Crippen LogP contribution >= 0.6 is 0 Å². The maximum Gasteiger partial charge on any atom is 0.154 e. The Kier molecular flexibility index (Phi) is 8.00. The molecule has 0 bridgehead atoms. The van der Waals surface area contributed by atoms with Gasteiger partial charge in [-0.15, -0.1) is 0 Å². The maximum absolute atomic E-state index is 10.4. The third-order valence-electron chi connectivity index (χ3n) is 5.30. The number of carbonyl (C=O) groups is 1. The minimum Gasteiger partial charge on any atom is -0.507 e. The second-order valence-corrected chi connectivity index (χ2v) is 8.24. The normalized spacial score (nSPS) is 10.2. The Hall–Kier alpha value is -4.45. The molecule has 2 aromatic heterocycles. The quantitative estimate of drug-likeness (QED) is 0.249. The van der Waals surface area contributed by atoms with E-state index in [1.54, 1.807) is 25.1 Å². The van der Waals surface area contributed by atoms with Gasteiger partial charge in [0.25, 0.3) is 0 Å². The fourth-order valence-electron chi connectivity index (χ4n) is 3.57. The highest BCUT2D eigenvalue weighted by atomic mass is 16.3. The van der Waals surface area contributed by atoms with E-state index in [0.717, 1.165) is 33.3 Å². The molecule has 0 saturated carbocycles. The van der Waals surface area contributed by atoms with Gasteiger partial charge in [0, 0.05) is 22.2 Å². The number of aryl methyl sites for hydroxylation is 4. The first kappa shape index (κ1) is 25.2. The van der Waals surface area contributed by atoms with Gasteiger partial charge in [0.1, 0.15) is 28.3 Å². The number of phenolic OH excluding ortho intramolecular Hbond substituents is 3. The number of rotatable bonds is 1. The van der Waals surface area contributed by atoms with Crippen molar-refractivity contribution in [3.8, 4) is 17.2 Å². The van der Waals surface area contributed by atoms with Crippen LogP contribution in [0.1, 0.15) is 32.9 Å². The first-order valence-corrected chi connectivity index (χ1v) is 11.1. The molecule has 6 heteroatoms. The number of para-hydroxylation sites is 2. The molecule has 0 aliphatic carbocycles. The van der Waals surface area contributed by atoms with Crippen molar-refractivity contribution in [1.29, 1.82) is 0 Å². The highest BCUT2D eigenvalue weighted by Crippen LogP contribution is 2.23. The first-order chi connectivity index (χ1) is 16.7. The molecule has 6 nitrogen and oxygen atoms in total. The Morgan fingerprint density at radius 3 is 1.54 bits per heavy atom. The monoisotopic (exact) mass is 468 g/mol. The molecule has 2 heterocycles. The summed E-state index contributed by atoms with van der Waals surface area (Å²) < 4.78 is 0. The summed E-state index contributed by atoms with van der Waals surface area (Å²) in [5.74, 6) is 0.560. The molecular weight excluding hydrogens is 440 g/mol. The standard InChI is InChI=1S/2C10H9NO.C9H10O2/c2*1-7-5-6-8-3-2-4-9(12)10(8)11-7;1-6-3-7(2)8(5-10)9(11)4-6/h2*2-6,12H,1H3;3-5,11H,1-2H3. The summed E-state index contributed by atoms with van der Waals surface area (Å²) >= 11 is 0.